The molecule has 0 fully saturated rings. The molecule has 1 rings (SSSR count). The molecule has 2 N–H and O–H groups in total. The highest BCUT2D eigenvalue weighted by molar-refractivity contribution is 6.31. The van der Waals surface area contributed by atoms with E-state index < -0.39 is 17.7 Å². The topological polar surface area (TPSA) is 26.0 Å². The van der Waals surface area contributed by atoms with Crippen LogP contribution < -0.4 is 5.73 Å². The summed E-state index contributed by atoms with van der Waals surface area (Å²) in [5.41, 5.74) is 6.07. The Morgan fingerprint density at radius 2 is 2.00 bits per heavy atom. The first-order valence-electron chi connectivity index (χ1n) is 4.07. The quantitative estimate of drug-likeness (QED) is 0.611. The van der Waals surface area contributed by atoms with Crippen LogP contribution in [0, 0.1) is 11.6 Å². The lowest BCUT2D eigenvalue weighted by Gasteiger charge is -2.11. The number of hydrogen-bond acceptors (Lipinski definition) is 1. The summed E-state index contributed by atoms with van der Waals surface area (Å²) in [6, 6.07) is 1.50. The van der Waals surface area contributed by atoms with E-state index in [0.717, 1.165) is 12.1 Å². The van der Waals surface area contributed by atoms with Gasteiger partial charge < -0.3 is 5.73 Å². The number of hydrogen-bond donors (Lipinski definition) is 1. The molecule has 1 aromatic rings. The van der Waals surface area contributed by atoms with Gasteiger partial charge in [-0.15, -0.1) is 6.58 Å². The maximum atomic E-state index is 12.8. The van der Waals surface area contributed by atoms with Crippen LogP contribution in [0.5, 0.6) is 0 Å². The fourth-order valence-electron chi connectivity index (χ4n) is 1.13. The van der Waals surface area contributed by atoms with Crippen LogP contribution in [-0.2, 0) is 0 Å². The first-order chi connectivity index (χ1) is 6.56. The second-order valence-electron chi connectivity index (χ2n) is 2.92. The number of rotatable bonds is 3. The molecule has 0 saturated carbocycles. The summed E-state index contributed by atoms with van der Waals surface area (Å²) in [6.45, 7) is 3.50. The number of benzene rings is 1. The zero-order valence-electron chi connectivity index (χ0n) is 7.43. The smallest absolute Gasteiger partial charge is 0.160 e. The first-order valence-corrected chi connectivity index (χ1v) is 4.45. The predicted molar refractivity (Wildman–Crippen MR) is 53.1 cm³/mol. The average molecular weight is 218 g/mol. The SMILES string of the molecule is C=CC[C@@H](N)c1cc(F)c(F)cc1Cl. The van der Waals surface area contributed by atoms with Crippen molar-refractivity contribution in [3.63, 3.8) is 0 Å². The predicted octanol–water partition coefficient (Wildman–Crippen LogP) is 3.19. The van der Waals surface area contributed by atoms with Crippen LogP contribution in [0.25, 0.3) is 0 Å². The van der Waals surface area contributed by atoms with Gasteiger partial charge in [-0.3, -0.25) is 0 Å². The summed E-state index contributed by atoms with van der Waals surface area (Å²) in [5, 5.41) is 0.137. The molecule has 0 unspecified atom stereocenters. The van der Waals surface area contributed by atoms with Gasteiger partial charge in [-0.25, -0.2) is 8.78 Å². The van der Waals surface area contributed by atoms with Gasteiger partial charge in [0.05, 0.1) is 0 Å². The van der Waals surface area contributed by atoms with Crippen LogP contribution in [0.2, 0.25) is 5.02 Å². The fraction of sp³-hybridized carbons (Fsp3) is 0.200. The lowest BCUT2D eigenvalue weighted by Crippen LogP contribution is -2.10. The second kappa shape index (κ2) is 4.53. The van der Waals surface area contributed by atoms with Crippen LogP contribution in [0.3, 0.4) is 0 Å². The van der Waals surface area contributed by atoms with Gasteiger partial charge in [-0.1, -0.05) is 17.7 Å². The third-order valence-electron chi connectivity index (χ3n) is 1.86. The molecule has 0 spiro atoms. The van der Waals surface area contributed by atoms with Crippen LogP contribution in [0.15, 0.2) is 24.8 Å². The van der Waals surface area contributed by atoms with Crippen molar-refractivity contribution in [1.29, 1.82) is 0 Å². The molecule has 0 aliphatic rings. The van der Waals surface area contributed by atoms with Gasteiger partial charge >= 0.3 is 0 Å². The van der Waals surface area contributed by atoms with E-state index in [-0.39, 0.29) is 5.02 Å². The lowest BCUT2D eigenvalue weighted by atomic mass is 10.0. The van der Waals surface area contributed by atoms with Gasteiger partial charge in [0.2, 0.25) is 0 Å². The Bertz CT molecular complexity index is 352. The van der Waals surface area contributed by atoms with Gasteiger partial charge in [0, 0.05) is 11.1 Å². The van der Waals surface area contributed by atoms with Crippen molar-refractivity contribution >= 4 is 11.6 Å². The molecule has 0 bridgehead atoms. The van der Waals surface area contributed by atoms with Gasteiger partial charge in [0.15, 0.2) is 11.6 Å². The Hall–Kier alpha value is -0.930. The van der Waals surface area contributed by atoms with E-state index in [1.807, 2.05) is 0 Å². The van der Waals surface area contributed by atoms with Crippen molar-refractivity contribution in [2.24, 2.45) is 5.73 Å². The first kappa shape index (κ1) is 11.1. The monoisotopic (exact) mass is 217 g/mol. The van der Waals surface area contributed by atoms with Gasteiger partial charge in [-0.2, -0.15) is 0 Å². The van der Waals surface area contributed by atoms with Crippen molar-refractivity contribution in [2.75, 3.05) is 0 Å². The molecule has 76 valence electrons. The van der Waals surface area contributed by atoms with Gasteiger partial charge in [-0.05, 0) is 24.1 Å². The molecule has 1 atom stereocenters. The largest absolute Gasteiger partial charge is 0.324 e. The maximum absolute atomic E-state index is 12.8. The van der Waals surface area contributed by atoms with Crippen LogP contribution in [0.1, 0.15) is 18.0 Å². The van der Waals surface area contributed by atoms with E-state index in [4.69, 9.17) is 17.3 Å². The number of nitrogens with two attached hydrogens (primary N) is 1. The van der Waals surface area contributed by atoms with E-state index >= 15 is 0 Å². The molecule has 1 nitrogen and oxygen atoms in total. The highest BCUT2D eigenvalue weighted by atomic mass is 35.5. The molecule has 0 heterocycles. The van der Waals surface area contributed by atoms with E-state index in [1.54, 1.807) is 6.08 Å². The normalized spacial score (nSPS) is 12.6. The molecule has 0 aromatic heterocycles. The Morgan fingerprint density at radius 1 is 1.43 bits per heavy atom. The molecule has 1 aromatic carbocycles. The fourth-order valence-corrected chi connectivity index (χ4v) is 1.42. The Kier molecular flexibility index (Phi) is 3.61. The minimum atomic E-state index is -0.968. The average Bonchev–Trinajstić information content (AvgIpc) is 2.11. The van der Waals surface area contributed by atoms with Crippen LogP contribution >= 0.6 is 11.6 Å². The van der Waals surface area contributed by atoms with Crippen molar-refractivity contribution in [1.82, 2.24) is 0 Å². The summed E-state index contributed by atoms with van der Waals surface area (Å²) < 4.78 is 25.5. The van der Waals surface area contributed by atoms with Gasteiger partial charge in [0.25, 0.3) is 0 Å². The van der Waals surface area contributed by atoms with Crippen molar-refractivity contribution in [3.05, 3.63) is 47.0 Å². The van der Waals surface area contributed by atoms with E-state index in [1.165, 1.54) is 0 Å². The minimum Gasteiger partial charge on any atom is -0.324 e. The lowest BCUT2D eigenvalue weighted by molar-refractivity contribution is 0.505. The van der Waals surface area contributed by atoms with Crippen LogP contribution in [-0.4, -0.2) is 0 Å². The number of halogens is 3. The molecule has 0 radical (unpaired) electrons. The molecular weight excluding hydrogens is 208 g/mol. The molecule has 0 saturated heterocycles. The van der Waals surface area contributed by atoms with Crippen LogP contribution in [0.4, 0.5) is 8.78 Å². The molecule has 0 aliphatic heterocycles. The zero-order valence-corrected chi connectivity index (χ0v) is 8.19. The second-order valence-corrected chi connectivity index (χ2v) is 3.33. The van der Waals surface area contributed by atoms with E-state index in [9.17, 15) is 8.78 Å². The third-order valence-corrected chi connectivity index (χ3v) is 2.19. The standard InChI is InChI=1S/C10H10ClF2N/c1-2-3-10(14)6-4-8(12)9(13)5-7(6)11/h2,4-5,10H,1,3,14H2/t10-/m1/s1. The van der Waals surface area contributed by atoms with E-state index in [0.29, 0.717) is 12.0 Å². The summed E-state index contributed by atoms with van der Waals surface area (Å²) in [6.07, 6.45) is 2.06. The third kappa shape index (κ3) is 2.30. The maximum Gasteiger partial charge on any atom is 0.160 e. The Labute approximate surface area is 86.2 Å². The van der Waals surface area contributed by atoms with Crippen molar-refractivity contribution in [2.45, 2.75) is 12.5 Å². The summed E-state index contributed by atoms with van der Waals surface area (Å²) >= 11 is 5.71. The van der Waals surface area contributed by atoms with Crippen molar-refractivity contribution < 1.29 is 8.78 Å². The zero-order chi connectivity index (χ0) is 10.7. The molecule has 0 amide bonds. The highest BCUT2D eigenvalue weighted by Gasteiger charge is 2.13. The minimum absolute atomic E-state index is 0.137. The van der Waals surface area contributed by atoms with Crippen molar-refractivity contribution in [3.8, 4) is 0 Å². The summed E-state index contributed by atoms with van der Waals surface area (Å²) in [5.74, 6) is -1.91. The van der Waals surface area contributed by atoms with E-state index in [2.05, 4.69) is 6.58 Å². The Balaban J connectivity index is 3.08. The molecule has 0 aliphatic carbocycles. The molecule has 4 heteroatoms. The Morgan fingerprint density at radius 3 is 2.57 bits per heavy atom. The van der Waals surface area contributed by atoms with Gasteiger partial charge in [0.1, 0.15) is 0 Å². The summed E-state index contributed by atoms with van der Waals surface area (Å²) in [4.78, 5) is 0. The molecule has 14 heavy (non-hydrogen) atoms. The molecular formula is C10H10ClF2N. The highest BCUT2D eigenvalue weighted by Crippen LogP contribution is 2.26. The summed E-state index contributed by atoms with van der Waals surface area (Å²) in [7, 11) is 0.